The number of anilines is 1. The van der Waals surface area contributed by atoms with Crippen LogP contribution in [-0.2, 0) is 12.8 Å². The molecule has 21 heavy (non-hydrogen) atoms. The number of nitrogen functional groups attached to an aromatic ring is 1. The highest BCUT2D eigenvalue weighted by atomic mass is 16.5. The van der Waals surface area contributed by atoms with E-state index in [0.29, 0.717) is 11.7 Å². The van der Waals surface area contributed by atoms with Crippen LogP contribution in [0.3, 0.4) is 0 Å². The maximum Gasteiger partial charge on any atom is 0.227 e. The number of ether oxygens (including phenoxy) is 1. The fraction of sp³-hybridized carbons (Fsp3) is 0.412. The third-order valence-electron chi connectivity index (χ3n) is 3.40. The first-order chi connectivity index (χ1) is 10.2. The van der Waals surface area contributed by atoms with Crippen molar-refractivity contribution in [1.82, 2.24) is 9.97 Å². The Morgan fingerprint density at radius 2 is 1.76 bits per heavy atom. The van der Waals surface area contributed by atoms with Crippen LogP contribution in [0.4, 0.5) is 5.82 Å². The summed E-state index contributed by atoms with van der Waals surface area (Å²) in [5.74, 6) is 1.85. The second-order valence-electron chi connectivity index (χ2n) is 5.14. The topological polar surface area (TPSA) is 61.0 Å². The van der Waals surface area contributed by atoms with E-state index in [2.05, 4.69) is 35.9 Å². The van der Waals surface area contributed by atoms with Crippen molar-refractivity contribution in [2.45, 2.75) is 46.0 Å². The molecule has 0 amide bonds. The number of nitrogens with two attached hydrogens (primary N) is 1. The van der Waals surface area contributed by atoms with Crippen LogP contribution < -0.4 is 10.5 Å². The van der Waals surface area contributed by atoms with Gasteiger partial charge in [0.25, 0.3) is 0 Å². The normalized spacial score (nSPS) is 10.6. The van der Waals surface area contributed by atoms with Crippen molar-refractivity contribution in [2.24, 2.45) is 0 Å². The van der Waals surface area contributed by atoms with E-state index in [1.54, 1.807) is 0 Å². The van der Waals surface area contributed by atoms with Gasteiger partial charge in [0, 0.05) is 0 Å². The van der Waals surface area contributed by atoms with Gasteiger partial charge in [-0.1, -0.05) is 38.8 Å². The Hall–Kier alpha value is -2.10. The van der Waals surface area contributed by atoms with Gasteiger partial charge in [0.1, 0.15) is 17.9 Å². The van der Waals surface area contributed by atoms with E-state index in [1.807, 2.05) is 12.1 Å². The molecule has 0 bridgehead atoms. The summed E-state index contributed by atoms with van der Waals surface area (Å²) < 4.78 is 5.87. The number of aromatic nitrogens is 2. The molecular formula is C17H23N3O. The molecule has 112 valence electrons. The Bertz CT molecular complexity index is 567. The minimum Gasteiger partial charge on any atom is -0.439 e. The average Bonchev–Trinajstić information content (AvgIpc) is 2.50. The molecule has 0 saturated heterocycles. The van der Waals surface area contributed by atoms with E-state index in [4.69, 9.17) is 10.5 Å². The first kappa shape index (κ1) is 15.3. The second-order valence-corrected chi connectivity index (χ2v) is 5.14. The molecule has 1 aromatic heterocycles. The van der Waals surface area contributed by atoms with E-state index < -0.39 is 0 Å². The summed E-state index contributed by atoms with van der Waals surface area (Å²) >= 11 is 0. The molecule has 0 spiro atoms. The molecule has 0 radical (unpaired) electrons. The molecular weight excluding hydrogens is 262 g/mol. The lowest BCUT2D eigenvalue weighted by molar-refractivity contribution is 0.454. The summed E-state index contributed by atoms with van der Waals surface area (Å²) in [7, 11) is 0. The fourth-order valence-corrected chi connectivity index (χ4v) is 2.20. The number of nitrogens with zero attached hydrogens (tertiary/aromatic N) is 2. The zero-order chi connectivity index (χ0) is 15.1. The molecule has 0 unspecified atom stereocenters. The molecule has 0 fully saturated rings. The Morgan fingerprint density at radius 1 is 1.00 bits per heavy atom. The van der Waals surface area contributed by atoms with E-state index in [1.165, 1.54) is 24.7 Å². The van der Waals surface area contributed by atoms with Crippen molar-refractivity contribution in [2.75, 3.05) is 5.73 Å². The molecule has 1 heterocycles. The van der Waals surface area contributed by atoms with E-state index in [0.717, 1.165) is 30.6 Å². The number of rotatable bonds is 7. The highest BCUT2D eigenvalue weighted by Crippen LogP contribution is 2.27. The van der Waals surface area contributed by atoms with Crippen molar-refractivity contribution in [3.05, 3.63) is 41.7 Å². The van der Waals surface area contributed by atoms with Crippen molar-refractivity contribution in [1.29, 1.82) is 0 Å². The molecule has 0 aliphatic rings. The highest BCUT2D eigenvalue weighted by Gasteiger charge is 2.10. The van der Waals surface area contributed by atoms with Crippen LogP contribution in [0.1, 0.15) is 44.2 Å². The van der Waals surface area contributed by atoms with Gasteiger partial charge >= 0.3 is 0 Å². The summed E-state index contributed by atoms with van der Waals surface area (Å²) in [6, 6.07) is 8.18. The fourth-order valence-electron chi connectivity index (χ4n) is 2.20. The zero-order valence-corrected chi connectivity index (χ0v) is 12.8. The van der Waals surface area contributed by atoms with E-state index in [-0.39, 0.29) is 0 Å². The number of hydrogen-bond acceptors (Lipinski definition) is 4. The van der Waals surface area contributed by atoms with Crippen LogP contribution in [0.25, 0.3) is 0 Å². The van der Waals surface area contributed by atoms with Gasteiger partial charge in [0.2, 0.25) is 5.88 Å². The summed E-state index contributed by atoms with van der Waals surface area (Å²) in [6.45, 7) is 4.30. The van der Waals surface area contributed by atoms with Gasteiger partial charge in [-0.05, 0) is 37.0 Å². The smallest absolute Gasteiger partial charge is 0.227 e. The molecule has 4 nitrogen and oxygen atoms in total. The third-order valence-corrected chi connectivity index (χ3v) is 3.40. The number of benzene rings is 1. The maximum atomic E-state index is 5.91. The van der Waals surface area contributed by atoms with E-state index in [9.17, 15) is 0 Å². The standard InChI is InChI=1S/C17H23N3O/c1-3-5-7-13-8-10-14(11-9-13)21-17-15(6-4-2)16(18)19-12-20-17/h8-12H,3-7H2,1-2H3,(H2,18,19,20). The van der Waals surface area contributed by atoms with Crippen LogP contribution in [0.5, 0.6) is 11.6 Å². The van der Waals surface area contributed by atoms with Gasteiger partial charge in [-0.15, -0.1) is 0 Å². The molecule has 0 aliphatic heterocycles. The van der Waals surface area contributed by atoms with E-state index >= 15 is 0 Å². The van der Waals surface area contributed by atoms with Crippen molar-refractivity contribution >= 4 is 5.82 Å². The summed E-state index contributed by atoms with van der Waals surface area (Å²) in [4.78, 5) is 8.25. The number of hydrogen-bond donors (Lipinski definition) is 1. The first-order valence-electron chi connectivity index (χ1n) is 7.60. The van der Waals surface area contributed by atoms with Gasteiger partial charge < -0.3 is 10.5 Å². The molecule has 4 heteroatoms. The Kier molecular flexibility index (Phi) is 5.55. The summed E-state index contributed by atoms with van der Waals surface area (Å²) in [6.07, 6.45) is 6.76. The lowest BCUT2D eigenvalue weighted by Gasteiger charge is -2.11. The van der Waals surface area contributed by atoms with Gasteiger partial charge in [-0.2, -0.15) is 0 Å². The van der Waals surface area contributed by atoms with Gasteiger partial charge in [0.15, 0.2) is 0 Å². The maximum absolute atomic E-state index is 5.91. The van der Waals surface area contributed by atoms with Gasteiger partial charge in [0.05, 0.1) is 5.56 Å². The largest absolute Gasteiger partial charge is 0.439 e. The minimum atomic E-state index is 0.501. The van der Waals surface area contributed by atoms with Crippen LogP contribution in [-0.4, -0.2) is 9.97 Å². The second kappa shape index (κ2) is 7.62. The molecule has 2 rings (SSSR count). The molecule has 0 aliphatic carbocycles. The van der Waals surface area contributed by atoms with Crippen LogP contribution in [0.2, 0.25) is 0 Å². The van der Waals surface area contributed by atoms with Gasteiger partial charge in [-0.25, -0.2) is 9.97 Å². The lowest BCUT2D eigenvalue weighted by atomic mass is 10.1. The van der Waals surface area contributed by atoms with Crippen molar-refractivity contribution in [3.8, 4) is 11.6 Å². The Labute approximate surface area is 126 Å². The van der Waals surface area contributed by atoms with Crippen LogP contribution >= 0.6 is 0 Å². The number of aryl methyl sites for hydroxylation is 1. The van der Waals surface area contributed by atoms with Crippen molar-refractivity contribution in [3.63, 3.8) is 0 Å². The minimum absolute atomic E-state index is 0.501. The van der Waals surface area contributed by atoms with Crippen LogP contribution in [0.15, 0.2) is 30.6 Å². The third kappa shape index (κ3) is 4.18. The quantitative estimate of drug-likeness (QED) is 0.830. The van der Waals surface area contributed by atoms with Crippen LogP contribution in [0, 0.1) is 0 Å². The molecule has 0 saturated carbocycles. The number of unbranched alkanes of at least 4 members (excludes halogenated alkanes) is 1. The highest BCUT2D eigenvalue weighted by molar-refractivity contribution is 5.46. The average molecular weight is 285 g/mol. The molecule has 2 N–H and O–H groups in total. The first-order valence-corrected chi connectivity index (χ1v) is 7.60. The molecule has 0 atom stereocenters. The lowest BCUT2D eigenvalue weighted by Crippen LogP contribution is -2.02. The Morgan fingerprint density at radius 3 is 2.43 bits per heavy atom. The Balaban J connectivity index is 2.12. The molecule has 2 aromatic rings. The van der Waals surface area contributed by atoms with Crippen molar-refractivity contribution < 1.29 is 4.74 Å². The predicted molar refractivity (Wildman–Crippen MR) is 85.6 cm³/mol. The SMILES string of the molecule is CCCCc1ccc(Oc2ncnc(N)c2CCC)cc1. The summed E-state index contributed by atoms with van der Waals surface area (Å²) in [5.41, 5.74) is 8.13. The zero-order valence-electron chi connectivity index (χ0n) is 12.8. The monoisotopic (exact) mass is 285 g/mol. The summed E-state index contributed by atoms with van der Waals surface area (Å²) in [5, 5.41) is 0. The molecule has 1 aromatic carbocycles. The van der Waals surface area contributed by atoms with Gasteiger partial charge in [-0.3, -0.25) is 0 Å². The predicted octanol–water partition coefficient (Wildman–Crippen LogP) is 4.15.